The number of carbonyl (C=O) groups excluding carboxylic acids is 1. The number of rotatable bonds is 5. The summed E-state index contributed by atoms with van der Waals surface area (Å²) >= 11 is 0. The SMILES string of the molecule is CCC(C(=O)N[C@@H]1CC[C@H](C(=O)O)C1)c1cccc(C(F)(F)F)c1. The molecule has 0 bridgehead atoms. The zero-order chi connectivity index (χ0) is 17.9. The second-order valence-electron chi connectivity index (χ2n) is 6.14. The lowest BCUT2D eigenvalue weighted by atomic mass is 9.93. The lowest BCUT2D eigenvalue weighted by molar-refractivity contribution is -0.141. The van der Waals surface area contributed by atoms with Crippen LogP contribution in [0.3, 0.4) is 0 Å². The van der Waals surface area contributed by atoms with Gasteiger partial charge in [-0.1, -0.05) is 25.1 Å². The first kappa shape index (κ1) is 18.3. The molecule has 1 saturated carbocycles. The Labute approximate surface area is 138 Å². The van der Waals surface area contributed by atoms with Gasteiger partial charge < -0.3 is 10.4 Å². The minimum atomic E-state index is -4.45. The monoisotopic (exact) mass is 343 g/mol. The van der Waals surface area contributed by atoms with Crippen LogP contribution in [0.5, 0.6) is 0 Å². The van der Waals surface area contributed by atoms with Crippen molar-refractivity contribution < 1.29 is 27.9 Å². The maximum absolute atomic E-state index is 12.8. The van der Waals surface area contributed by atoms with Crippen molar-refractivity contribution in [1.82, 2.24) is 5.32 Å². The van der Waals surface area contributed by atoms with Crippen molar-refractivity contribution in [2.75, 3.05) is 0 Å². The molecule has 4 nitrogen and oxygen atoms in total. The lowest BCUT2D eigenvalue weighted by Crippen LogP contribution is -2.37. The number of carbonyl (C=O) groups is 2. The zero-order valence-electron chi connectivity index (χ0n) is 13.3. The predicted molar refractivity (Wildman–Crippen MR) is 81.4 cm³/mol. The highest BCUT2D eigenvalue weighted by Gasteiger charge is 2.33. The highest BCUT2D eigenvalue weighted by molar-refractivity contribution is 5.84. The topological polar surface area (TPSA) is 66.4 Å². The number of amides is 1. The number of hydrogen-bond donors (Lipinski definition) is 2. The second-order valence-corrected chi connectivity index (χ2v) is 6.14. The van der Waals surface area contributed by atoms with Gasteiger partial charge in [-0.25, -0.2) is 0 Å². The highest BCUT2D eigenvalue weighted by atomic mass is 19.4. The molecule has 1 amide bonds. The third-order valence-corrected chi connectivity index (χ3v) is 4.47. The smallest absolute Gasteiger partial charge is 0.416 e. The van der Waals surface area contributed by atoms with Crippen LogP contribution in [0.15, 0.2) is 24.3 Å². The van der Waals surface area contributed by atoms with Crippen LogP contribution in [-0.4, -0.2) is 23.0 Å². The predicted octanol–water partition coefficient (Wildman–Crippen LogP) is 3.57. The number of hydrogen-bond acceptors (Lipinski definition) is 2. The Morgan fingerprint density at radius 2 is 2.04 bits per heavy atom. The van der Waals surface area contributed by atoms with Gasteiger partial charge in [0.05, 0.1) is 17.4 Å². The number of alkyl halides is 3. The number of halogens is 3. The van der Waals surface area contributed by atoms with Gasteiger partial charge in [0.25, 0.3) is 0 Å². The van der Waals surface area contributed by atoms with Crippen molar-refractivity contribution in [3.63, 3.8) is 0 Å². The van der Waals surface area contributed by atoms with Crippen LogP contribution in [0.4, 0.5) is 13.2 Å². The van der Waals surface area contributed by atoms with Crippen LogP contribution in [0.1, 0.15) is 49.7 Å². The van der Waals surface area contributed by atoms with E-state index < -0.39 is 29.5 Å². The maximum Gasteiger partial charge on any atom is 0.416 e. The molecule has 1 aromatic rings. The van der Waals surface area contributed by atoms with Gasteiger partial charge in [0.15, 0.2) is 0 Å². The Balaban J connectivity index is 2.08. The first-order chi connectivity index (χ1) is 11.2. The lowest BCUT2D eigenvalue weighted by Gasteiger charge is -2.20. The standard InChI is InChI=1S/C17H20F3NO3/c1-2-14(10-4-3-5-12(8-10)17(18,19)20)15(22)21-13-7-6-11(9-13)16(23)24/h3-5,8,11,13-14H,2,6-7,9H2,1H3,(H,21,22)(H,23,24)/t11-,13+,14?/m0/s1. The third kappa shape index (κ3) is 4.27. The molecule has 0 saturated heterocycles. The number of carboxylic acid groups (broad SMARTS) is 1. The van der Waals surface area contributed by atoms with E-state index in [1.54, 1.807) is 6.92 Å². The van der Waals surface area contributed by atoms with Crippen LogP contribution in [0, 0.1) is 5.92 Å². The fourth-order valence-corrected chi connectivity index (χ4v) is 3.14. The van der Waals surface area contributed by atoms with E-state index in [1.807, 2.05) is 0 Å². The van der Waals surface area contributed by atoms with Crippen LogP contribution in [-0.2, 0) is 15.8 Å². The summed E-state index contributed by atoms with van der Waals surface area (Å²) in [6.45, 7) is 1.74. The first-order valence-electron chi connectivity index (χ1n) is 7.92. The van der Waals surface area contributed by atoms with E-state index in [2.05, 4.69) is 5.32 Å². The van der Waals surface area contributed by atoms with Crippen molar-refractivity contribution >= 4 is 11.9 Å². The molecule has 2 N–H and O–H groups in total. The molecule has 1 unspecified atom stereocenters. The Morgan fingerprint density at radius 3 is 2.58 bits per heavy atom. The fourth-order valence-electron chi connectivity index (χ4n) is 3.14. The molecule has 0 aliphatic heterocycles. The average Bonchev–Trinajstić information content (AvgIpc) is 2.96. The second kappa shape index (κ2) is 7.23. The van der Waals surface area contributed by atoms with Gasteiger partial charge in [0.1, 0.15) is 0 Å². The summed E-state index contributed by atoms with van der Waals surface area (Å²) in [5.74, 6) is -2.38. The van der Waals surface area contributed by atoms with Crippen LogP contribution >= 0.6 is 0 Å². The Kier molecular flexibility index (Phi) is 5.51. The highest BCUT2D eigenvalue weighted by Crippen LogP contribution is 2.32. The van der Waals surface area contributed by atoms with E-state index in [0.29, 0.717) is 31.2 Å². The minimum Gasteiger partial charge on any atom is -0.481 e. The molecule has 7 heteroatoms. The molecule has 0 spiro atoms. The summed E-state index contributed by atoms with van der Waals surface area (Å²) in [6, 6.07) is 4.55. The van der Waals surface area contributed by atoms with E-state index in [-0.39, 0.29) is 11.9 Å². The minimum absolute atomic E-state index is 0.238. The van der Waals surface area contributed by atoms with Gasteiger partial charge in [0, 0.05) is 6.04 Å². The van der Waals surface area contributed by atoms with Gasteiger partial charge in [-0.2, -0.15) is 13.2 Å². The number of benzene rings is 1. The van der Waals surface area contributed by atoms with E-state index in [0.717, 1.165) is 12.1 Å². The summed E-state index contributed by atoms with van der Waals surface area (Å²) < 4.78 is 38.5. The quantitative estimate of drug-likeness (QED) is 0.859. The molecule has 1 aromatic carbocycles. The normalized spacial score (nSPS) is 22.2. The Bertz CT molecular complexity index is 615. The Hall–Kier alpha value is -2.05. The number of aliphatic carboxylic acids is 1. The molecule has 0 radical (unpaired) electrons. The molecule has 3 atom stereocenters. The maximum atomic E-state index is 12.8. The fraction of sp³-hybridized carbons (Fsp3) is 0.529. The molecule has 1 aliphatic carbocycles. The van der Waals surface area contributed by atoms with Crippen LogP contribution in [0.25, 0.3) is 0 Å². The Morgan fingerprint density at radius 1 is 1.33 bits per heavy atom. The molecule has 2 rings (SSSR count). The molecule has 0 aromatic heterocycles. The summed E-state index contributed by atoms with van der Waals surface area (Å²) in [7, 11) is 0. The molecule has 132 valence electrons. The number of nitrogens with one attached hydrogen (secondary N) is 1. The summed E-state index contributed by atoms with van der Waals surface area (Å²) in [5, 5.41) is 11.8. The third-order valence-electron chi connectivity index (χ3n) is 4.47. The average molecular weight is 343 g/mol. The van der Waals surface area contributed by atoms with Crippen molar-refractivity contribution in [1.29, 1.82) is 0 Å². The zero-order valence-corrected chi connectivity index (χ0v) is 13.3. The van der Waals surface area contributed by atoms with E-state index in [9.17, 15) is 22.8 Å². The van der Waals surface area contributed by atoms with Gasteiger partial charge in [0.2, 0.25) is 5.91 Å². The van der Waals surface area contributed by atoms with Crippen molar-refractivity contribution in [3.8, 4) is 0 Å². The van der Waals surface area contributed by atoms with E-state index in [4.69, 9.17) is 5.11 Å². The molecular formula is C17H20F3NO3. The van der Waals surface area contributed by atoms with Gasteiger partial charge in [-0.05, 0) is 37.3 Å². The molecule has 24 heavy (non-hydrogen) atoms. The molecular weight excluding hydrogens is 323 g/mol. The summed E-state index contributed by atoms with van der Waals surface area (Å²) in [4.78, 5) is 23.4. The van der Waals surface area contributed by atoms with Crippen LogP contribution < -0.4 is 5.32 Å². The van der Waals surface area contributed by atoms with Gasteiger partial charge in [-0.3, -0.25) is 9.59 Å². The van der Waals surface area contributed by atoms with E-state index in [1.165, 1.54) is 12.1 Å². The molecule has 1 aliphatic rings. The van der Waals surface area contributed by atoms with Crippen molar-refractivity contribution in [2.24, 2.45) is 5.92 Å². The van der Waals surface area contributed by atoms with Crippen molar-refractivity contribution in [3.05, 3.63) is 35.4 Å². The molecule has 1 fully saturated rings. The number of carboxylic acids is 1. The van der Waals surface area contributed by atoms with Crippen LogP contribution in [0.2, 0.25) is 0 Å². The van der Waals surface area contributed by atoms with Gasteiger partial charge in [-0.15, -0.1) is 0 Å². The largest absolute Gasteiger partial charge is 0.481 e. The summed E-state index contributed by atoms with van der Waals surface area (Å²) in [6.07, 6.45) is -2.66. The first-order valence-corrected chi connectivity index (χ1v) is 7.92. The molecule has 0 heterocycles. The van der Waals surface area contributed by atoms with E-state index >= 15 is 0 Å². The van der Waals surface area contributed by atoms with Crippen molar-refractivity contribution in [2.45, 2.75) is 50.7 Å². The van der Waals surface area contributed by atoms with Gasteiger partial charge >= 0.3 is 12.1 Å². The summed E-state index contributed by atoms with van der Waals surface area (Å²) in [5.41, 5.74) is -0.462.